The largest absolute Gasteiger partial charge is 0.378 e. The van der Waals surface area contributed by atoms with Gasteiger partial charge in [0.05, 0.1) is 11.0 Å². The molecule has 0 aliphatic carbocycles. The molecule has 1 atom stereocenters. The average Bonchev–Trinajstić information content (AvgIpc) is 2.65. The van der Waals surface area contributed by atoms with Gasteiger partial charge in [0.25, 0.3) is 0 Å². The van der Waals surface area contributed by atoms with Crippen molar-refractivity contribution in [2.45, 2.75) is 19.9 Å². The van der Waals surface area contributed by atoms with Crippen molar-refractivity contribution in [1.29, 1.82) is 0 Å². The molecule has 2 N–H and O–H groups in total. The summed E-state index contributed by atoms with van der Waals surface area (Å²) in [6, 6.07) is 9.47. The molecule has 2 aromatic rings. The van der Waals surface area contributed by atoms with E-state index in [1.165, 1.54) is 4.68 Å². The molecule has 0 amide bonds. The fraction of sp³-hybridized carbons (Fsp3) is 0.250. The van der Waals surface area contributed by atoms with Gasteiger partial charge in [-0.05, 0) is 19.4 Å². The second kappa shape index (κ2) is 4.48. The van der Waals surface area contributed by atoms with Crippen LogP contribution in [0.1, 0.15) is 24.2 Å². The SMILES string of the molecule is Cc1nn(C(C)c2ccccc2)c(N)c1[N+](=O)[O-]. The molecule has 6 heteroatoms. The van der Waals surface area contributed by atoms with Crippen molar-refractivity contribution in [1.82, 2.24) is 9.78 Å². The van der Waals surface area contributed by atoms with Crippen LogP contribution < -0.4 is 5.73 Å². The van der Waals surface area contributed by atoms with E-state index < -0.39 is 4.92 Å². The zero-order chi connectivity index (χ0) is 13.3. The summed E-state index contributed by atoms with van der Waals surface area (Å²) in [7, 11) is 0. The van der Waals surface area contributed by atoms with Crippen LogP contribution in [0.4, 0.5) is 11.5 Å². The van der Waals surface area contributed by atoms with E-state index in [0.29, 0.717) is 5.69 Å². The fourth-order valence-corrected chi connectivity index (χ4v) is 1.95. The molecule has 1 aromatic heterocycles. The minimum absolute atomic E-state index is 0.0915. The van der Waals surface area contributed by atoms with Crippen LogP contribution in [0.15, 0.2) is 30.3 Å². The van der Waals surface area contributed by atoms with E-state index in [4.69, 9.17) is 5.73 Å². The van der Waals surface area contributed by atoms with E-state index >= 15 is 0 Å². The lowest BCUT2D eigenvalue weighted by Crippen LogP contribution is -2.11. The number of anilines is 1. The number of nitrogens with two attached hydrogens (primary N) is 1. The molecule has 0 saturated heterocycles. The van der Waals surface area contributed by atoms with Gasteiger partial charge in [0.2, 0.25) is 5.82 Å². The van der Waals surface area contributed by atoms with E-state index in [1.54, 1.807) is 6.92 Å². The molecule has 0 fully saturated rings. The molecule has 18 heavy (non-hydrogen) atoms. The third kappa shape index (κ3) is 1.92. The molecule has 1 heterocycles. The molecule has 94 valence electrons. The Labute approximate surface area is 104 Å². The third-order valence-electron chi connectivity index (χ3n) is 2.92. The molecule has 0 spiro atoms. The zero-order valence-electron chi connectivity index (χ0n) is 10.2. The maximum Gasteiger partial charge on any atom is 0.333 e. The van der Waals surface area contributed by atoms with Crippen LogP contribution in [0.5, 0.6) is 0 Å². The van der Waals surface area contributed by atoms with Gasteiger partial charge in [-0.3, -0.25) is 10.1 Å². The van der Waals surface area contributed by atoms with Gasteiger partial charge in [0.1, 0.15) is 5.69 Å². The van der Waals surface area contributed by atoms with Crippen molar-refractivity contribution >= 4 is 11.5 Å². The summed E-state index contributed by atoms with van der Waals surface area (Å²) >= 11 is 0. The maximum absolute atomic E-state index is 10.9. The van der Waals surface area contributed by atoms with Crippen molar-refractivity contribution in [3.05, 3.63) is 51.7 Å². The van der Waals surface area contributed by atoms with Crippen LogP contribution in [-0.2, 0) is 0 Å². The Morgan fingerprint density at radius 1 is 1.39 bits per heavy atom. The van der Waals surface area contributed by atoms with Crippen LogP contribution in [0, 0.1) is 17.0 Å². The first-order chi connectivity index (χ1) is 8.52. The lowest BCUT2D eigenvalue weighted by atomic mass is 10.1. The molecule has 2 rings (SSSR count). The molecule has 6 nitrogen and oxygen atoms in total. The minimum Gasteiger partial charge on any atom is -0.378 e. The van der Waals surface area contributed by atoms with Crippen molar-refractivity contribution < 1.29 is 4.92 Å². The zero-order valence-corrected chi connectivity index (χ0v) is 10.2. The number of nitro groups is 1. The second-order valence-electron chi connectivity index (χ2n) is 4.11. The van der Waals surface area contributed by atoms with Gasteiger partial charge in [-0.1, -0.05) is 30.3 Å². The smallest absolute Gasteiger partial charge is 0.333 e. The van der Waals surface area contributed by atoms with Crippen LogP contribution in [0.2, 0.25) is 0 Å². The van der Waals surface area contributed by atoms with Crippen molar-refractivity contribution in [3.63, 3.8) is 0 Å². The fourth-order valence-electron chi connectivity index (χ4n) is 1.95. The Morgan fingerprint density at radius 3 is 2.50 bits per heavy atom. The molecule has 0 aliphatic rings. The lowest BCUT2D eigenvalue weighted by Gasteiger charge is -2.13. The van der Waals surface area contributed by atoms with Gasteiger partial charge in [0, 0.05) is 0 Å². The van der Waals surface area contributed by atoms with E-state index in [1.807, 2.05) is 37.3 Å². The topological polar surface area (TPSA) is 87.0 Å². The number of hydrogen-bond acceptors (Lipinski definition) is 4. The van der Waals surface area contributed by atoms with Crippen LogP contribution in [-0.4, -0.2) is 14.7 Å². The van der Waals surface area contributed by atoms with Gasteiger partial charge in [-0.2, -0.15) is 5.10 Å². The Balaban J connectivity index is 2.47. The molecule has 0 aliphatic heterocycles. The molecular weight excluding hydrogens is 232 g/mol. The van der Waals surface area contributed by atoms with Crippen molar-refractivity contribution in [2.24, 2.45) is 0 Å². The Bertz CT molecular complexity index is 577. The third-order valence-corrected chi connectivity index (χ3v) is 2.92. The monoisotopic (exact) mass is 246 g/mol. The predicted molar refractivity (Wildman–Crippen MR) is 68.3 cm³/mol. The number of nitrogen functional groups attached to an aromatic ring is 1. The summed E-state index contributed by atoms with van der Waals surface area (Å²) in [5, 5.41) is 15.0. The van der Waals surface area contributed by atoms with E-state index in [-0.39, 0.29) is 17.5 Å². The van der Waals surface area contributed by atoms with Crippen LogP contribution in [0.3, 0.4) is 0 Å². The highest BCUT2D eigenvalue weighted by atomic mass is 16.6. The van der Waals surface area contributed by atoms with E-state index in [2.05, 4.69) is 5.10 Å². The summed E-state index contributed by atoms with van der Waals surface area (Å²) < 4.78 is 1.49. The van der Waals surface area contributed by atoms with Gasteiger partial charge >= 0.3 is 5.69 Å². The number of aryl methyl sites for hydroxylation is 1. The number of aromatic nitrogens is 2. The predicted octanol–water partition coefficient (Wildman–Crippen LogP) is 2.29. The molecule has 1 aromatic carbocycles. The van der Waals surface area contributed by atoms with Crippen LogP contribution >= 0.6 is 0 Å². The van der Waals surface area contributed by atoms with Crippen LogP contribution in [0.25, 0.3) is 0 Å². The van der Waals surface area contributed by atoms with Gasteiger partial charge in [-0.25, -0.2) is 4.68 Å². The highest BCUT2D eigenvalue weighted by Gasteiger charge is 2.25. The minimum atomic E-state index is -0.494. The normalized spacial score (nSPS) is 12.3. The average molecular weight is 246 g/mol. The Hall–Kier alpha value is -2.37. The number of nitrogens with zero attached hydrogens (tertiary/aromatic N) is 3. The highest BCUT2D eigenvalue weighted by molar-refractivity contribution is 5.56. The first-order valence-corrected chi connectivity index (χ1v) is 5.56. The highest BCUT2D eigenvalue weighted by Crippen LogP contribution is 2.29. The standard InChI is InChI=1S/C12H14N4O2/c1-8-11(16(17)18)12(13)15(14-8)9(2)10-6-4-3-5-7-10/h3-7,9H,13H2,1-2H3. The number of hydrogen-bond donors (Lipinski definition) is 1. The summed E-state index contributed by atoms with van der Waals surface area (Å²) in [6.45, 7) is 3.49. The molecule has 0 saturated carbocycles. The van der Waals surface area contributed by atoms with Crippen molar-refractivity contribution in [2.75, 3.05) is 5.73 Å². The quantitative estimate of drug-likeness (QED) is 0.664. The Kier molecular flexibility index (Phi) is 3.01. The summed E-state index contributed by atoms with van der Waals surface area (Å²) in [5.41, 5.74) is 7.02. The summed E-state index contributed by atoms with van der Waals surface area (Å²) in [5.74, 6) is 0.0915. The van der Waals surface area contributed by atoms with E-state index in [0.717, 1.165) is 5.56 Å². The Morgan fingerprint density at radius 2 is 2.00 bits per heavy atom. The molecular formula is C12H14N4O2. The first-order valence-electron chi connectivity index (χ1n) is 5.56. The first kappa shape index (κ1) is 12.1. The summed E-state index contributed by atoms with van der Waals surface area (Å²) in [4.78, 5) is 10.4. The lowest BCUT2D eigenvalue weighted by molar-refractivity contribution is -0.384. The number of rotatable bonds is 3. The summed E-state index contributed by atoms with van der Waals surface area (Å²) in [6.07, 6.45) is 0. The van der Waals surface area contributed by atoms with Crippen molar-refractivity contribution in [3.8, 4) is 0 Å². The molecule has 0 bridgehead atoms. The number of benzene rings is 1. The van der Waals surface area contributed by atoms with Gasteiger partial charge in [-0.15, -0.1) is 0 Å². The maximum atomic E-state index is 10.9. The van der Waals surface area contributed by atoms with Gasteiger partial charge in [0.15, 0.2) is 0 Å². The molecule has 1 unspecified atom stereocenters. The molecule has 0 radical (unpaired) electrons. The van der Waals surface area contributed by atoms with E-state index in [9.17, 15) is 10.1 Å². The van der Waals surface area contributed by atoms with Gasteiger partial charge < -0.3 is 5.73 Å². The second-order valence-corrected chi connectivity index (χ2v) is 4.11.